The Hall–Kier alpha value is -1.66. The zero-order valence-corrected chi connectivity index (χ0v) is 12.3. The summed E-state index contributed by atoms with van der Waals surface area (Å²) in [5.74, 6) is 0.0184. The molecule has 1 saturated heterocycles. The molecule has 0 amide bonds. The Bertz CT molecular complexity index is 498. The number of piperidine rings is 1. The van der Waals surface area contributed by atoms with Crippen LogP contribution in [0.1, 0.15) is 24.0 Å². The first-order chi connectivity index (χ1) is 10.1. The van der Waals surface area contributed by atoms with E-state index in [-0.39, 0.29) is 11.4 Å². The van der Waals surface area contributed by atoms with Gasteiger partial charge in [0.15, 0.2) is 5.84 Å². The highest BCUT2D eigenvalue weighted by Gasteiger charge is 2.16. The fraction of sp³-hybridized carbons (Fsp3) is 0.533. The highest BCUT2D eigenvalue weighted by Crippen LogP contribution is 2.16. The van der Waals surface area contributed by atoms with Gasteiger partial charge < -0.3 is 21.2 Å². The third kappa shape index (κ3) is 4.15. The van der Waals surface area contributed by atoms with Gasteiger partial charge in [-0.1, -0.05) is 17.3 Å². The van der Waals surface area contributed by atoms with Crippen LogP contribution in [0, 0.1) is 11.7 Å². The van der Waals surface area contributed by atoms with E-state index in [0.717, 1.165) is 19.6 Å². The number of likely N-dealkylation sites (tertiary alicyclic amines) is 1. The molecule has 1 aromatic rings. The minimum Gasteiger partial charge on any atom is -0.409 e. The Balaban J connectivity index is 1.89. The number of rotatable bonds is 5. The molecule has 0 spiro atoms. The Morgan fingerprint density at radius 3 is 2.86 bits per heavy atom. The third-order valence-electron chi connectivity index (χ3n) is 4.05. The Morgan fingerprint density at radius 1 is 1.48 bits per heavy atom. The summed E-state index contributed by atoms with van der Waals surface area (Å²) in [6.07, 6.45) is 2.35. The highest BCUT2D eigenvalue weighted by molar-refractivity contribution is 5.97. The second kappa shape index (κ2) is 7.38. The van der Waals surface area contributed by atoms with Crippen molar-refractivity contribution in [1.82, 2.24) is 10.2 Å². The molecule has 1 fully saturated rings. The fourth-order valence-electron chi connectivity index (χ4n) is 2.65. The zero-order chi connectivity index (χ0) is 15.2. The number of nitrogens with zero attached hydrogens (tertiary/aromatic N) is 2. The molecule has 1 aromatic carbocycles. The molecule has 0 unspecified atom stereocenters. The lowest BCUT2D eigenvalue weighted by Gasteiger charge is -2.29. The average Bonchev–Trinajstić information content (AvgIpc) is 2.50. The Morgan fingerprint density at radius 2 is 2.19 bits per heavy atom. The lowest BCUT2D eigenvalue weighted by molar-refractivity contribution is 0.216. The van der Waals surface area contributed by atoms with Crippen molar-refractivity contribution < 1.29 is 9.60 Å². The molecule has 0 aromatic heterocycles. The topological polar surface area (TPSA) is 73.9 Å². The summed E-state index contributed by atoms with van der Waals surface area (Å²) in [6.45, 7) is 3.59. The van der Waals surface area contributed by atoms with Crippen molar-refractivity contribution in [1.29, 1.82) is 0 Å². The smallest absolute Gasteiger partial charge is 0.173 e. The van der Waals surface area contributed by atoms with Crippen molar-refractivity contribution in [3.8, 4) is 0 Å². The molecule has 0 atom stereocenters. The minimum absolute atomic E-state index is 0.135. The van der Waals surface area contributed by atoms with Crippen LogP contribution in [0.5, 0.6) is 0 Å². The first kappa shape index (κ1) is 15.7. The molecule has 0 aliphatic carbocycles. The van der Waals surface area contributed by atoms with Gasteiger partial charge in [-0.25, -0.2) is 4.39 Å². The van der Waals surface area contributed by atoms with Crippen LogP contribution in [0.2, 0.25) is 0 Å². The molecule has 0 saturated carbocycles. The number of hydrogen-bond acceptors (Lipinski definition) is 4. The first-order valence-corrected chi connectivity index (χ1v) is 7.26. The third-order valence-corrected chi connectivity index (χ3v) is 4.05. The van der Waals surface area contributed by atoms with E-state index in [1.165, 1.54) is 18.9 Å². The van der Waals surface area contributed by atoms with Crippen LogP contribution in [0.25, 0.3) is 0 Å². The van der Waals surface area contributed by atoms with E-state index in [0.29, 0.717) is 18.0 Å². The first-order valence-electron chi connectivity index (χ1n) is 7.26. The molecule has 116 valence electrons. The molecule has 1 aliphatic rings. The number of hydrogen-bond donors (Lipinski definition) is 3. The lowest BCUT2D eigenvalue weighted by atomic mass is 9.97. The van der Waals surface area contributed by atoms with Crippen LogP contribution in [-0.4, -0.2) is 42.6 Å². The number of benzene rings is 1. The number of nitrogens with one attached hydrogen (secondary N) is 1. The van der Waals surface area contributed by atoms with Gasteiger partial charge in [0.2, 0.25) is 0 Å². The van der Waals surface area contributed by atoms with Crippen molar-refractivity contribution in [2.24, 2.45) is 16.8 Å². The van der Waals surface area contributed by atoms with E-state index >= 15 is 0 Å². The van der Waals surface area contributed by atoms with Gasteiger partial charge in [-0.05, 0) is 51.5 Å². The zero-order valence-electron chi connectivity index (χ0n) is 12.3. The molecule has 0 radical (unpaired) electrons. The quantitative estimate of drug-likeness (QED) is 0.332. The molecule has 1 heterocycles. The van der Waals surface area contributed by atoms with E-state index in [4.69, 9.17) is 10.9 Å². The second-order valence-corrected chi connectivity index (χ2v) is 5.64. The number of oxime groups is 1. The van der Waals surface area contributed by atoms with Crippen LogP contribution < -0.4 is 11.1 Å². The second-order valence-electron chi connectivity index (χ2n) is 5.64. The van der Waals surface area contributed by atoms with E-state index in [2.05, 4.69) is 22.4 Å². The van der Waals surface area contributed by atoms with E-state index in [9.17, 15) is 4.39 Å². The fourth-order valence-corrected chi connectivity index (χ4v) is 2.65. The number of nitrogens with two attached hydrogens (primary N) is 1. The summed E-state index contributed by atoms with van der Waals surface area (Å²) in [7, 11) is 2.14. The minimum atomic E-state index is -0.427. The summed E-state index contributed by atoms with van der Waals surface area (Å²) in [4.78, 5) is 2.33. The van der Waals surface area contributed by atoms with Crippen molar-refractivity contribution >= 4 is 5.84 Å². The van der Waals surface area contributed by atoms with Gasteiger partial charge in [0.25, 0.3) is 0 Å². The van der Waals surface area contributed by atoms with Gasteiger partial charge >= 0.3 is 0 Å². The SMILES string of the molecule is CN1CCC(CNCc2cccc(/C(N)=N/O)c2F)CC1. The Labute approximate surface area is 124 Å². The number of halogens is 1. The summed E-state index contributed by atoms with van der Waals surface area (Å²) in [5.41, 5.74) is 6.13. The predicted octanol–water partition coefficient (Wildman–Crippen LogP) is 1.35. The van der Waals surface area contributed by atoms with Crippen LogP contribution in [-0.2, 0) is 6.54 Å². The Kier molecular flexibility index (Phi) is 5.52. The van der Waals surface area contributed by atoms with Crippen LogP contribution in [0.15, 0.2) is 23.4 Å². The van der Waals surface area contributed by atoms with Gasteiger partial charge in [-0.3, -0.25) is 0 Å². The van der Waals surface area contributed by atoms with E-state index in [1.807, 2.05) is 0 Å². The summed E-state index contributed by atoms with van der Waals surface area (Å²) < 4.78 is 14.2. The van der Waals surface area contributed by atoms with Gasteiger partial charge in [-0.2, -0.15) is 0 Å². The maximum atomic E-state index is 14.2. The summed E-state index contributed by atoms with van der Waals surface area (Å²) in [6, 6.07) is 4.93. The lowest BCUT2D eigenvalue weighted by Crippen LogP contribution is -2.34. The largest absolute Gasteiger partial charge is 0.409 e. The van der Waals surface area contributed by atoms with Crippen molar-refractivity contribution in [3.05, 3.63) is 35.1 Å². The van der Waals surface area contributed by atoms with Crippen LogP contribution >= 0.6 is 0 Å². The van der Waals surface area contributed by atoms with E-state index < -0.39 is 5.82 Å². The van der Waals surface area contributed by atoms with E-state index in [1.54, 1.807) is 12.1 Å². The van der Waals surface area contributed by atoms with Gasteiger partial charge in [0, 0.05) is 12.1 Å². The van der Waals surface area contributed by atoms with Crippen LogP contribution in [0.4, 0.5) is 4.39 Å². The molecule has 1 aliphatic heterocycles. The van der Waals surface area contributed by atoms with Crippen LogP contribution in [0.3, 0.4) is 0 Å². The average molecular weight is 294 g/mol. The highest BCUT2D eigenvalue weighted by atomic mass is 19.1. The standard InChI is InChI=1S/C15H23FN4O/c1-20-7-5-11(6-8-20)9-18-10-12-3-2-4-13(14(12)16)15(17)19-21/h2-4,11,18,21H,5-10H2,1H3,(H2,17,19). The molecule has 6 heteroatoms. The summed E-state index contributed by atoms with van der Waals surface area (Å²) in [5, 5.41) is 14.8. The van der Waals surface area contributed by atoms with Crippen molar-refractivity contribution in [2.45, 2.75) is 19.4 Å². The molecule has 21 heavy (non-hydrogen) atoms. The predicted molar refractivity (Wildman–Crippen MR) is 80.8 cm³/mol. The molecule has 2 rings (SSSR count). The molecular formula is C15H23FN4O. The van der Waals surface area contributed by atoms with Crippen molar-refractivity contribution in [3.63, 3.8) is 0 Å². The molecule has 0 bridgehead atoms. The van der Waals surface area contributed by atoms with Gasteiger partial charge in [0.1, 0.15) is 5.82 Å². The molecular weight excluding hydrogens is 271 g/mol. The molecule has 5 nitrogen and oxygen atoms in total. The monoisotopic (exact) mass is 294 g/mol. The van der Waals surface area contributed by atoms with Gasteiger partial charge in [0.05, 0.1) is 5.56 Å². The maximum Gasteiger partial charge on any atom is 0.173 e. The van der Waals surface area contributed by atoms with Crippen molar-refractivity contribution in [2.75, 3.05) is 26.7 Å². The maximum absolute atomic E-state index is 14.2. The normalized spacial score (nSPS) is 18.1. The molecule has 4 N–H and O–H groups in total. The number of amidine groups is 1. The summed E-state index contributed by atoms with van der Waals surface area (Å²) >= 11 is 0. The van der Waals surface area contributed by atoms with Gasteiger partial charge in [-0.15, -0.1) is 0 Å².